The summed E-state index contributed by atoms with van der Waals surface area (Å²) in [7, 11) is 1.59. The second kappa shape index (κ2) is 9.06. The minimum atomic E-state index is -0.974. The highest BCUT2D eigenvalue weighted by atomic mass is 16.5. The lowest BCUT2D eigenvalue weighted by Gasteiger charge is -2.20. The number of aryl methyl sites for hydroxylation is 1. The molecule has 0 unspecified atom stereocenters. The molecule has 0 aliphatic heterocycles. The fraction of sp³-hybridized carbons (Fsp3) is 0.167. The lowest BCUT2D eigenvalue weighted by atomic mass is 9.97. The molecule has 1 atom stereocenters. The predicted octanol–water partition coefficient (Wildman–Crippen LogP) is 4.62. The molecule has 2 N–H and O–H groups in total. The summed E-state index contributed by atoms with van der Waals surface area (Å²) in [5, 5.41) is 12.2. The van der Waals surface area contributed by atoms with Crippen LogP contribution in [0.25, 0.3) is 11.1 Å². The first-order chi connectivity index (χ1) is 14.0. The first-order valence-corrected chi connectivity index (χ1v) is 9.31. The molecular formula is C24H23NO4. The van der Waals surface area contributed by atoms with E-state index in [1.54, 1.807) is 25.3 Å². The molecule has 0 saturated heterocycles. The van der Waals surface area contributed by atoms with E-state index < -0.39 is 12.0 Å². The molecule has 5 nitrogen and oxygen atoms in total. The van der Waals surface area contributed by atoms with Crippen LogP contribution in [-0.4, -0.2) is 24.1 Å². The van der Waals surface area contributed by atoms with Gasteiger partial charge in [-0.25, -0.2) is 0 Å². The average Bonchev–Trinajstić information content (AvgIpc) is 2.73. The molecule has 0 bridgehead atoms. The number of carbonyl (C=O) groups is 2. The number of carboxylic acids is 1. The number of hydrogen-bond donors (Lipinski definition) is 2. The number of methoxy groups -OCH3 is 1. The van der Waals surface area contributed by atoms with Gasteiger partial charge in [0, 0.05) is 11.1 Å². The molecule has 29 heavy (non-hydrogen) atoms. The third-order valence-electron chi connectivity index (χ3n) is 4.79. The minimum absolute atomic E-state index is 0.196. The van der Waals surface area contributed by atoms with Crippen LogP contribution >= 0.6 is 0 Å². The van der Waals surface area contributed by atoms with Gasteiger partial charge in [-0.15, -0.1) is 0 Å². The largest absolute Gasteiger partial charge is 0.496 e. The summed E-state index contributed by atoms with van der Waals surface area (Å²) >= 11 is 0. The van der Waals surface area contributed by atoms with Crippen LogP contribution < -0.4 is 10.1 Å². The molecule has 3 aromatic rings. The number of benzene rings is 3. The van der Waals surface area contributed by atoms with Crippen molar-refractivity contribution in [2.24, 2.45) is 0 Å². The average molecular weight is 389 g/mol. The molecule has 3 aromatic carbocycles. The van der Waals surface area contributed by atoms with Crippen LogP contribution in [0.4, 0.5) is 0 Å². The molecule has 0 saturated carbocycles. The smallest absolute Gasteiger partial charge is 0.305 e. The Labute approximate surface area is 170 Å². The number of carboxylic acid groups (broad SMARTS) is 1. The molecule has 0 aromatic heterocycles. The van der Waals surface area contributed by atoms with Crippen LogP contribution in [0, 0.1) is 6.92 Å². The Kier molecular flexibility index (Phi) is 6.29. The molecule has 1 amide bonds. The number of hydrogen-bond acceptors (Lipinski definition) is 3. The number of amides is 1. The van der Waals surface area contributed by atoms with Gasteiger partial charge < -0.3 is 15.2 Å². The highest BCUT2D eigenvalue weighted by Gasteiger charge is 2.21. The van der Waals surface area contributed by atoms with Crippen molar-refractivity contribution in [3.8, 4) is 16.9 Å². The van der Waals surface area contributed by atoms with E-state index in [1.165, 1.54) is 0 Å². The highest BCUT2D eigenvalue weighted by molar-refractivity contribution is 5.96. The van der Waals surface area contributed by atoms with Gasteiger partial charge in [0.05, 0.1) is 19.6 Å². The third kappa shape index (κ3) is 4.82. The van der Waals surface area contributed by atoms with Crippen molar-refractivity contribution < 1.29 is 19.4 Å². The SMILES string of the molecule is COc1ccc(C(=O)N[C@@H](CC(=O)O)c2ccccc2C)cc1-c1ccccc1. The molecule has 148 valence electrons. The quantitative estimate of drug-likeness (QED) is 0.618. The van der Waals surface area contributed by atoms with Crippen molar-refractivity contribution in [3.63, 3.8) is 0 Å². The summed E-state index contributed by atoms with van der Waals surface area (Å²) in [5.41, 5.74) is 3.89. The number of rotatable bonds is 7. The Morgan fingerprint density at radius 3 is 2.34 bits per heavy atom. The molecule has 0 aliphatic carbocycles. The van der Waals surface area contributed by atoms with E-state index >= 15 is 0 Å². The van der Waals surface area contributed by atoms with E-state index in [4.69, 9.17) is 4.74 Å². The molecular weight excluding hydrogens is 366 g/mol. The van der Waals surface area contributed by atoms with Crippen molar-refractivity contribution in [1.82, 2.24) is 5.32 Å². The van der Waals surface area contributed by atoms with Crippen molar-refractivity contribution in [1.29, 1.82) is 0 Å². The van der Waals surface area contributed by atoms with Crippen LogP contribution in [0.3, 0.4) is 0 Å². The topological polar surface area (TPSA) is 75.6 Å². The number of carbonyl (C=O) groups excluding carboxylic acids is 1. The number of nitrogens with one attached hydrogen (secondary N) is 1. The third-order valence-corrected chi connectivity index (χ3v) is 4.79. The predicted molar refractivity (Wildman–Crippen MR) is 112 cm³/mol. The first kappa shape index (κ1) is 20.1. The maximum Gasteiger partial charge on any atom is 0.305 e. The molecule has 0 aliphatic rings. The van der Waals surface area contributed by atoms with E-state index in [0.29, 0.717) is 11.3 Å². The Balaban J connectivity index is 1.92. The zero-order chi connectivity index (χ0) is 20.8. The van der Waals surface area contributed by atoms with Crippen LogP contribution in [0.1, 0.15) is 33.9 Å². The molecule has 5 heteroatoms. The fourth-order valence-electron chi connectivity index (χ4n) is 3.33. The second-order valence-corrected chi connectivity index (χ2v) is 6.76. The summed E-state index contributed by atoms with van der Waals surface area (Å²) in [6, 6.07) is 21.7. The van der Waals surface area contributed by atoms with E-state index in [9.17, 15) is 14.7 Å². The van der Waals surface area contributed by atoms with Crippen LogP contribution in [0.5, 0.6) is 5.75 Å². The lowest BCUT2D eigenvalue weighted by molar-refractivity contribution is -0.137. The van der Waals surface area contributed by atoms with Gasteiger partial charge in [-0.05, 0) is 41.8 Å². The monoisotopic (exact) mass is 389 g/mol. The number of ether oxygens (including phenoxy) is 1. The van der Waals surface area contributed by atoms with Gasteiger partial charge in [-0.1, -0.05) is 54.6 Å². The maximum absolute atomic E-state index is 13.0. The zero-order valence-corrected chi connectivity index (χ0v) is 16.4. The zero-order valence-electron chi connectivity index (χ0n) is 16.4. The van der Waals surface area contributed by atoms with Crippen molar-refractivity contribution in [2.75, 3.05) is 7.11 Å². The van der Waals surface area contributed by atoms with Gasteiger partial charge in [0.2, 0.25) is 0 Å². The molecule has 0 spiro atoms. The molecule has 0 fully saturated rings. The van der Waals surface area contributed by atoms with Gasteiger partial charge in [0.15, 0.2) is 0 Å². The summed E-state index contributed by atoms with van der Waals surface area (Å²) in [6.07, 6.45) is -0.196. The lowest BCUT2D eigenvalue weighted by Crippen LogP contribution is -2.30. The van der Waals surface area contributed by atoms with Gasteiger partial charge in [-0.2, -0.15) is 0 Å². The second-order valence-electron chi connectivity index (χ2n) is 6.76. The van der Waals surface area contributed by atoms with Crippen LogP contribution in [0.2, 0.25) is 0 Å². The highest BCUT2D eigenvalue weighted by Crippen LogP contribution is 2.31. The standard InChI is InChI=1S/C24H23NO4/c1-16-8-6-7-11-19(16)21(15-23(26)27)25-24(28)18-12-13-22(29-2)20(14-18)17-9-4-3-5-10-17/h3-14,21H,15H2,1-2H3,(H,25,28)(H,26,27)/t21-/m0/s1. The molecule has 0 radical (unpaired) electrons. The minimum Gasteiger partial charge on any atom is -0.496 e. The fourth-order valence-corrected chi connectivity index (χ4v) is 3.33. The van der Waals surface area contributed by atoms with Crippen LogP contribution in [0.15, 0.2) is 72.8 Å². The van der Waals surface area contributed by atoms with Gasteiger partial charge in [-0.3, -0.25) is 9.59 Å². The Bertz CT molecular complexity index is 1010. The van der Waals surface area contributed by atoms with E-state index in [0.717, 1.165) is 22.3 Å². The van der Waals surface area contributed by atoms with Gasteiger partial charge in [0.1, 0.15) is 5.75 Å². The van der Waals surface area contributed by atoms with Crippen molar-refractivity contribution in [3.05, 3.63) is 89.5 Å². The van der Waals surface area contributed by atoms with Gasteiger partial charge in [0.25, 0.3) is 5.91 Å². The Morgan fingerprint density at radius 2 is 1.69 bits per heavy atom. The van der Waals surface area contributed by atoms with E-state index in [2.05, 4.69) is 5.32 Å². The summed E-state index contributed by atoms with van der Waals surface area (Å²) in [4.78, 5) is 24.3. The van der Waals surface area contributed by atoms with Gasteiger partial charge >= 0.3 is 5.97 Å². The molecule has 3 rings (SSSR count). The summed E-state index contributed by atoms with van der Waals surface area (Å²) in [5.74, 6) is -0.647. The molecule has 0 heterocycles. The summed E-state index contributed by atoms with van der Waals surface area (Å²) < 4.78 is 5.44. The maximum atomic E-state index is 13.0. The van der Waals surface area contributed by atoms with Crippen molar-refractivity contribution in [2.45, 2.75) is 19.4 Å². The van der Waals surface area contributed by atoms with Crippen LogP contribution in [-0.2, 0) is 4.79 Å². The van der Waals surface area contributed by atoms with E-state index in [1.807, 2.05) is 61.5 Å². The Morgan fingerprint density at radius 1 is 1.00 bits per heavy atom. The number of aliphatic carboxylic acids is 1. The van der Waals surface area contributed by atoms with Crippen molar-refractivity contribution >= 4 is 11.9 Å². The van der Waals surface area contributed by atoms with E-state index in [-0.39, 0.29) is 12.3 Å². The first-order valence-electron chi connectivity index (χ1n) is 9.31. The normalized spacial score (nSPS) is 11.5. The summed E-state index contributed by atoms with van der Waals surface area (Å²) in [6.45, 7) is 1.90. The Hall–Kier alpha value is -3.60.